The first-order valence-electron chi connectivity index (χ1n) is 13.2. The number of halogens is 1. The number of imidazole rings is 1. The summed E-state index contributed by atoms with van der Waals surface area (Å²) < 4.78 is 18.0. The number of hydrogen-bond donors (Lipinski definition) is 1. The molecule has 2 aromatic heterocycles. The summed E-state index contributed by atoms with van der Waals surface area (Å²) in [5.74, 6) is -0.371. The largest absolute Gasteiger partial charge is 0.368 e. The summed E-state index contributed by atoms with van der Waals surface area (Å²) in [4.78, 5) is 35.4. The first-order valence-corrected chi connectivity index (χ1v) is 13.2. The minimum absolute atomic E-state index is 0.111. The van der Waals surface area contributed by atoms with Crippen molar-refractivity contribution in [3.8, 4) is 5.69 Å². The third-order valence-electron chi connectivity index (χ3n) is 7.64. The quantitative estimate of drug-likeness (QED) is 0.344. The molecule has 6 rings (SSSR count). The molecule has 1 aliphatic heterocycles. The molecule has 0 unspecified atom stereocenters. The molecular weight excluding hydrogens is 509 g/mol. The molecule has 0 atom stereocenters. The molecule has 0 amide bonds. The molecule has 0 saturated carbocycles. The molecule has 40 heavy (non-hydrogen) atoms. The van der Waals surface area contributed by atoms with Crippen molar-refractivity contribution in [1.82, 2.24) is 18.9 Å². The summed E-state index contributed by atoms with van der Waals surface area (Å²) in [6, 6.07) is 20.0. The van der Waals surface area contributed by atoms with E-state index in [1.165, 1.54) is 22.5 Å². The Labute approximate surface area is 230 Å². The molecule has 5 aromatic rings. The maximum atomic E-state index is 13.4. The molecule has 3 aromatic carbocycles. The van der Waals surface area contributed by atoms with Gasteiger partial charge in [-0.25, -0.2) is 13.9 Å². The average molecular weight is 540 g/mol. The molecule has 0 radical (unpaired) electrons. The van der Waals surface area contributed by atoms with Crippen molar-refractivity contribution in [2.45, 2.75) is 6.92 Å². The highest BCUT2D eigenvalue weighted by atomic mass is 19.1. The van der Waals surface area contributed by atoms with Crippen molar-refractivity contribution < 1.29 is 4.39 Å². The normalized spacial score (nSPS) is 14.1. The van der Waals surface area contributed by atoms with Crippen LogP contribution in [-0.4, -0.2) is 51.3 Å². The maximum absolute atomic E-state index is 13.4. The van der Waals surface area contributed by atoms with Crippen molar-refractivity contribution in [3.05, 3.63) is 105 Å². The standard InChI is InChI=1S/C30H30FN7O2/c1-20-24(29(39)38(33-20)23-11-9-21(31)10-12-23)19-32-25-17-27-28(35(3)30(40)34(27)2)18-26(25)37-15-13-36(14-16-37)22-7-5-4-6-8-22/h4-12,17-19,33H,13-16H2,1-3H3. The van der Waals surface area contributed by atoms with Crippen LogP contribution in [-0.2, 0) is 14.1 Å². The van der Waals surface area contributed by atoms with Crippen LogP contribution < -0.4 is 21.0 Å². The van der Waals surface area contributed by atoms with Gasteiger partial charge in [-0.1, -0.05) is 18.2 Å². The van der Waals surface area contributed by atoms with Gasteiger partial charge in [-0.15, -0.1) is 0 Å². The zero-order valence-electron chi connectivity index (χ0n) is 22.6. The van der Waals surface area contributed by atoms with Crippen LogP contribution in [0.5, 0.6) is 0 Å². The van der Waals surface area contributed by atoms with Crippen molar-refractivity contribution in [2.75, 3.05) is 36.0 Å². The van der Waals surface area contributed by atoms with Gasteiger partial charge in [0.05, 0.1) is 33.7 Å². The molecule has 1 aliphatic rings. The lowest BCUT2D eigenvalue weighted by Gasteiger charge is -2.37. The predicted molar refractivity (Wildman–Crippen MR) is 157 cm³/mol. The van der Waals surface area contributed by atoms with E-state index in [0.717, 1.165) is 42.9 Å². The summed E-state index contributed by atoms with van der Waals surface area (Å²) in [6.45, 7) is 5.06. The summed E-state index contributed by atoms with van der Waals surface area (Å²) in [5.41, 5.74) is 5.56. The third kappa shape index (κ3) is 4.41. The van der Waals surface area contributed by atoms with Gasteiger partial charge in [0.1, 0.15) is 5.82 Å². The average Bonchev–Trinajstić information content (AvgIpc) is 3.38. The minimum Gasteiger partial charge on any atom is -0.368 e. The number of rotatable bonds is 5. The molecule has 9 nitrogen and oxygen atoms in total. The molecule has 3 heterocycles. The highest BCUT2D eigenvalue weighted by Crippen LogP contribution is 2.34. The highest BCUT2D eigenvalue weighted by Gasteiger charge is 2.22. The second-order valence-corrected chi connectivity index (χ2v) is 10.1. The van der Waals surface area contributed by atoms with Gasteiger partial charge in [-0.2, -0.15) is 0 Å². The smallest absolute Gasteiger partial charge is 0.328 e. The summed E-state index contributed by atoms with van der Waals surface area (Å²) in [5, 5.41) is 3.06. The second-order valence-electron chi connectivity index (χ2n) is 10.1. The number of fused-ring (bicyclic) bond motifs is 1. The Morgan fingerprint density at radius 1 is 0.825 bits per heavy atom. The fraction of sp³-hybridized carbons (Fsp3) is 0.233. The van der Waals surface area contributed by atoms with Gasteiger partial charge < -0.3 is 9.80 Å². The molecule has 0 aliphatic carbocycles. The Kier molecular flexibility index (Phi) is 6.37. The van der Waals surface area contributed by atoms with E-state index in [-0.39, 0.29) is 17.1 Å². The first-order chi connectivity index (χ1) is 19.3. The van der Waals surface area contributed by atoms with E-state index in [1.54, 1.807) is 48.5 Å². The molecule has 1 fully saturated rings. The fourth-order valence-corrected chi connectivity index (χ4v) is 5.34. The molecule has 0 bridgehead atoms. The van der Waals surface area contributed by atoms with Gasteiger partial charge in [-0.3, -0.25) is 24.0 Å². The van der Waals surface area contributed by atoms with Gasteiger partial charge in [0, 0.05) is 57.9 Å². The van der Waals surface area contributed by atoms with Crippen molar-refractivity contribution >= 4 is 34.3 Å². The number of aromatic amines is 1. The Morgan fingerprint density at radius 3 is 2.12 bits per heavy atom. The minimum atomic E-state index is -0.371. The number of anilines is 2. The van der Waals surface area contributed by atoms with Gasteiger partial charge in [-0.05, 0) is 55.5 Å². The zero-order valence-corrected chi connectivity index (χ0v) is 22.6. The lowest BCUT2D eigenvalue weighted by atomic mass is 10.1. The second kappa shape index (κ2) is 10.0. The number of nitrogens with zero attached hydrogens (tertiary/aromatic N) is 6. The maximum Gasteiger partial charge on any atom is 0.328 e. The van der Waals surface area contributed by atoms with Gasteiger partial charge >= 0.3 is 5.69 Å². The van der Waals surface area contributed by atoms with E-state index in [0.29, 0.717) is 22.6 Å². The highest BCUT2D eigenvalue weighted by molar-refractivity contribution is 5.91. The van der Waals surface area contributed by atoms with Gasteiger partial charge in [0.15, 0.2) is 0 Å². The van der Waals surface area contributed by atoms with Crippen LogP contribution in [0.4, 0.5) is 21.5 Å². The van der Waals surface area contributed by atoms with Crippen LogP contribution in [0, 0.1) is 12.7 Å². The Balaban J connectivity index is 1.38. The number of aromatic nitrogens is 4. The van der Waals surface area contributed by atoms with E-state index in [4.69, 9.17) is 4.99 Å². The fourth-order valence-electron chi connectivity index (χ4n) is 5.34. The van der Waals surface area contributed by atoms with Crippen molar-refractivity contribution in [3.63, 3.8) is 0 Å². The first kappa shape index (κ1) is 25.4. The van der Waals surface area contributed by atoms with Crippen molar-refractivity contribution in [1.29, 1.82) is 0 Å². The monoisotopic (exact) mass is 539 g/mol. The lowest BCUT2D eigenvalue weighted by Crippen LogP contribution is -2.46. The SMILES string of the molecule is Cc1[nH]n(-c2ccc(F)cc2)c(=O)c1C=Nc1cc2c(cc1N1CCN(c3ccccc3)CC1)n(C)c(=O)n2C. The molecule has 204 valence electrons. The van der Waals surface area contributed by atoms with Crippen molar-refractivity contribution in [2.24, 2.45) is 19.1 Å². The van der Waals surface area contributed by atoms with Crippen LogP contribution in [0.15, 0.2) is 81.3 Å². The molecule has 10 heteroatoms. The molecule has 0 spiro atoms. The molecule has 1 saturated heterocycles. The number of benzene rings is 3. The van der Waals surface area contributed by atoms with Crippen LogP contribution in [0.2, 0.25) is 0 Å². The number of aliphatic imine (C=N–C) groups is 1. The topological polar surface area (TPSA) is 83.6 Å². The van der Waals surface area contributed by atoms with Gasteiger partial charge in [0.2, 0.25) is 0 Å². The van der Waals surface area contributed by atoms with E-state index in [9.17, 15) is 14.0 Å². The van der Waals surface area contributed by atoms with Gasteiger partial charge in [0.25, 0.3) is 5.56 Å². The Bertz CT molecular complexity index is 1840. The number of H-pyrrole nitrogens is 1. The predicted octanol–water partition coefficient (Wildman–Crippen LogP) is 3.88. The summed E-state index contributed by atoms with van der Waals surface area (Å²) >= 11 is 0. The van der Waals surface area contributed by atoms with E-state index >= 15 is 0 Å². The summed E-state index contributed by atoms with van der Waals surface area (Å²) in [7, 11) is 3.51. The number of nitrogens with one attached hydrogen (secondary N) is 1. The third-order valence-corrected chi connectivity index (χ3v) is 7.64. The van der Waals surface area contributed by atoms with Crippen LogP contribution in [0.1, 0.15) is 11.3 Å². The number of aryl methyl sites for hydroxylation is 3. The number of para-hydroxylation sites is 1. The summed E-state index contributed by atoms with van der Waals surface area (Å²) in [6.07, 6.45) is 1.57. The van der Waals surface area contributed by atoms with Crippen LogP contribution in [0.25, 0.3) is 16.7 Å². The number of piperazine rings is 1. The Hall–Kier alpha value is -4.86. The number of hydrogen-bond acceptors (Lipinski definition) is 5. The zero-order chi connectivity index (χ0) is 28.0. The van der Waals surface area contributed by atoms with E-state index < -0.39 is 0 Å². The van der Waals surface area contributed by atoms with E-state index in [2.05, 4.69) is 27.0 Å². The molecular formula is C30H30FN7O2. The Morgan fingerprint density at radius 2 is 1.45 bits per heavy atom. The van der Waals surface area contributed by atoms with Crippen LogP contribution >= 0.6 is 0 Å². The van der Waals surface area contributed by atoms with E-state index in [1.807, 2.05) is 30.3 Å². The molecule has 1 N–H and O–H groups in total. The lowest BCUT2D eigenvalue weighted by molar-refractivity contribution is 0.627. The van der Waals surface area contributed by atoms with Crippen LogP contribution in [0.3, 0.4) is 0 Å².